The van der Waals surface area contributed by atoms with E-state index in [-0.39, 0.29) is 30.5 Å². The van der Waals surface area contributed by atoms with Crippen LogP contribution in [0.1, 0.15) is 55.9 Å². The zero-order valence-corrected chi connectivity index (χ0v) is 25.5. The summed E-state index contributed by atoms with van der Waals surface area (Å²) in [5.41, 5.74) is 0.216. The summed E-state index contributed by atoms with van der Waals surface area (Å²) in [6.07, 6.45) is -2.34. The largest absolute Gasteiger partial charge is 0.445 e. The minimum atomic E-state index is -4.47. The lowest BCUT2D eigenvalue weighted by atomic mass is 9.97. The van der Waals surface area contributed by atoms with Crippen LogP contribution in [0.3, 0.4) is 0 Å². The predicted molar refractivity (Wildman–Crippen MR) is 147 cm³/mol. The van der Waals surface area contributed by atoms with Crippen molar-refractivity contribution in [2.24, 2.45) is 0 Å². The van der Waals surface area contributed by atoms with Crippen molar-refractivity contribution in [3.63, 3.8) is 0 Å². The highest BCUT2D eigenvalue weighted by Crippen LogP contribution is 2.36. The Morgan fingerprint density at radius 1 is 1.27 bits per heavy atom. The molecule has 41 heavy (non-hydrogen) atoms. The molecule has 0 saturated carbocycles. The summed E-state index contributed by atoms with van der Waals surface area (Å²) < 4.78 is 53.2. The quantitative estimate of drug-likeness (QED) is 0.323. The van der Waals surface area contributed by atoms with Gasteiger partial charge in [-0.25, -0.2) is 4.79 Å². The fourth-order valence-corrected chi connectivity index (χ4v) is 5.35. The Balaban J connectivity index is 1.51. The van der Waals surface area contributed by atoms with Crippen molar-refractivity contribution in [1.29, 1.82) is 0 Å². The number of likely N-dealkylation sites (tertiary alicyclic amines) is 1. The van der Waals surface area contributed by atoms with Crippen molar-refractivity contribution in [2.45, 2.75) is 56.6 Å². The van der Waals surface area contributed by atoms with Gasteiger partial charge in [0, 0.05) is 44.6 Å². The summed E-state index contributed by atoms with van der Waals surface area (Å²) in [5.74, 6) is -0.301. The molecule has 0 aliphatic carbocycles. The average molecular weight is 612 g/mol. The van der Waals surface area contributed by atoms with Crippen LogP contribution in [0.5, 0.6) is 6.08 Å². The summed E-state index contributed by atoms with van der Waals surface area (Å²) in [7, 11) is 0.484. The highest BCUT2D eigenvalue weighted by molar-refractivity contribution is 6.31. The molecule has 2 atom stereocenters. The molecule has 1 aliphatic rings. The van der Waals surface area contributed by atoms with Crippen LogP contribution in [-0.4, -0.2) is 72.4 Å². The van der Waals surface area contributed by atoms with E-state index in [0.717, 1.165) is 11.5 Å². The van der Waals surface area contributed by atoms with Crippen LogP contribution in [0, 0.1) is 0 Å². The van der Waals surface area contributed by atoms with Crippen LogP contribution >= 0.6 is 11.6 Å². The Bertz CT molecular complexity index is 1460. The van der Waals surface area contributed by atoms with E-state index in [2.05, 4.69) is 20.5 Å². The van der Waals surface area contributed by atoms with E-state index in [4.69, 9.17) is 25.5 Å². The van der Waals surface area contributed by atoms with Crippen molar-refractivity contribution in [2.75, 3.05) is 13.2 Å². The molecule has 220 valence electrons. The Morgan fingerprint density at radius 3 is 2.73 bits per heavy atom. The number of piperidine rings is 1. The van der Waals surface area contributed by atoms with Gasteiger partial charge in [0.25, 0.3) is 5.91 Å². The van der Waals surface area contributed by atoms with E-state index < -0.39 is 35.7 Å². The first-order chi connectivity index (χ1) is 19.1. The number of alkyl halides is 3. The highest BCUT2D eigenvalue weighted by Gasteiger charge is 2.43. The molecule has 2 amide bonds. The number of pyridine rings is 1. The first-order valence-corrected chi connectivity index (χ1v) is 14.1. The number of hydrogen-bond acceptors (Lipinski definition) is 8. The number of halogens is 4. The molecule has 0 spiro atoms. The molecule has 0 unspecified atom stereocenters. The Kier molecular flexibility index (Phi) is 8.64. The molecule has 1 saturated heterocycles. The summed E-state index contributed by atoms with van der Waals surface area (Å²) in [4.78, 5) is 32.3. The Hall–Kier alpha value is -3.65. The van der Waals surface area contributed by atoms with Gasteiger partial charge in [-0.3, -0.25) is 14.7 Å². The van der Waals surface area contributed by atoms with Gasteiger partial charge in [0.15, 0.2) is 0 Å². The number of allylic oxidation sites excluding steroid dienone is 1. The van der Waals surface area contributed by atoms with E-state index in [9.17, 15) is 22.8 Å². The predicted octanol–water partition coefficient (Wildman–Crippen LogP) is 4.33. The second-order valence-corrected chi connectivity index (χ2v) is 13.3. The third-order valence-electron chi connectivity index (χ3n) is 6.13. The van der Waals surface area contributed by atoms with E-state index in [1.807, 2.05) is 0 Å². The molecule has 1 N–H and O–H groups in total. The zero-order valence-electron chi connectivity index (χ0n) is 22.8. The lowest BCUT2D eigenvalue weighted by Crippen LogP contribution is -2.61. The number of nitrogens with zero attached hydrogens (tertiary/aromatic N) is 4. The molecule has 2 aromatic heterocycles. The molecule has 0 radical (unpaired) electrons. The fraction of sp³-hybridized carbons (Fsp3) is 0.423. The normalized spacial score (nSPS) is 20.0. The van der Waals surface area contributed by atoms with Gasteiger partial charge in [0.05, 0.1) is 11.1 Å². The number of aromatic nitrogens is 3. The average Bonchev–Trinajstić information content (AvgIpc) is 3.33. The van der Waals surface area contributed by atoms with Gasteiger partial charge in [0.2, 0.25) is 5.89 Å². The summed E-state index contributed by atoms with van der Waals surface area (Å²) >= 11 is 6.03. The van der Waals surface area contributed by atoms with Crippen LogP contribution in [-0.2, 0) is 4.74 Å². The summed E-state index contributed by atoms with van der Waals surface area (Å²) in [6.45, 7) is 4.85. The van der Waals surface area contributed by atoms with E-state index in [1.165, 1.54) is 11.1 Å². The highest BCUT2D eigenvalue weighted by atomic mass is 35.5. The van der Waals surface area contributed by atoms with E-state index in [1.54, 1.807) is 45.0 Å². The standard InChI is InChI=1S/C26H29ClF3N5O5Si/c1-24(2,3)40-23(37)35-14-25(41,32-20(36)16-11-15-5-6-17(27)12-18(15)31-13-16)9-7-19(35)21-33-34-22(39-21)38-10-4-8-26(28,29)30/h4-6,8,11-13,19H,7,9-10,14H2,1-3,41H3,(H,32,36)/b8-4+/t19-,25+/m1/s1. The molecular formula is C26H29ClF3N5O5Si. The van der Waals surface area contributed by atoms with Crippen LogP contribution in [0.4, 0.5) is 18.0 Å². The minimum Gasteiger partial charge on any atom is -0.445 e. The summed E-state index contributed by atoms with van der Waals surface area (Å²) in [6, 6.07) is 6.23. The molecule has 1 aliphatic heterocycles. The molecule has 4 rings (SSSR count). The lowest BCUT2D eigenvalue weighted by molar-refractivity contribution is -0.0802. The minimum absolute atomic E-state index is 0.0399. The maximum absolute atomic E-state index is 13.3. The molecular weight excluding hydrogens is 583 g/mol. The molecule has 0 bridgehead atoms. The smallest absolute Gasteiger partial charge is 0.415 e. The Morgan fingerprint density at radius 2 is 2.02 bits per heavy atom. The van der Waals surface area contributed by atoms with Gasteiger partial charge >= 0.3 is 18.3 Å². The number of fused-ring (bicyclic) bond motifs is 1. The molecule has 3 aromatic rings. The first kappa shape index (κ1) is 30.3. The SMILES string of the molecule is CC(C)(C)OC(=O)N1C[C@]([SiH3])(NC(=O)c2cnc3cc(Cl)ccc3c2)CC[C@@H]1c1nnc(OC/C=C/C(F)(F)F)o1. The van der Waals surface area contributed by atoms with Crippen LogP contribution < -0.4 is 10.1 Å². The fourth-order valence-electron chi connectivity index (χ4n) is 4.33. The number of carbonyl (C=O) groups excluding carboxylic acids is 2. The topological polar surface area (TPSA) is 120 Å². The third-order valence-corrected chi connectivity index (χ3v) is 7.44. The van der Waals surface area contributed by atoms with Gasteiger partial charge in [-0.05, 0) is 57.9 Å². The summed E-state index contributed by atoms with van der Waals surface area (Å²) in [5, 5.41) is 11.3. The third kappa shape index (κ3) is 8.19. The number of amides is 2. The van der Waals surface area contributed by atoms with Crippen LogP contribution in [0.15, 0.2) is 47.0 Å². The van der Waals surface area contributed by atoms with Gasteiger partial charge < -0.3 is 19.2 Å². The molecule has 10 nitrogen and oxygen atoms in total. The van der Waals surface area contributed by atoms with Crippen molar-refractivity contribution in [3.05, 3.63) is 59.1 Å². The maximum atomic E-state index is 13.3. The van der Waals surface area contributed by atoms with E-state index >= 15 is 0 Å². The van der Waals surface area contributed by atoms with Crippen molar-refractivity contribution in [3.8, 4) is 6.08 Å². The number of rotatable bonds is 6. The molecule has 3 heterocycles. The van der Waals surface area contributed by atoms with Crippen LogP contribution in [0.2, 0.25) is 5.02 Å². The van der Waals surface area contributed by atoms with Gasteiger partial charge in [0.1, 0.15) is 18.2 Å². The second-order valence-electron chi connectivity index (χ2n) is 10.9. The monoisotopic (exact) mass is 611 g/mol. The van der Waals surface area contributed by atoms with Crippen molar-refractivity contribution in [1.82, 2.24) is 25.4 Å². The van der Waals surface area contributed by atoms with Crippen molar-refractivity contribution >= 4 is 44.7 Å². The number of hydrogen-bond donors (Lipinski definition) is 1. The number of carbonyl (C=O) groups is 2. The molecule has 1 aromatic carbocycles. The molecule has 15 heteroatoms. The van der Waals surface area contributed by atoms with Gasteiger partial charge in [-0.1, -0.05) is 22.8 Å². The maximum Gasteiger partial charge on any atom is 0.415 e. The lowest BCUT2D eigenvalue weighted by Gasteiger charge is -2.44. The second kappa shape index (κ2) is 11.7. The zero-order chi connectivity index (χ0) is 30.0. The number of nitrogens with one attached hydrogen (secondary N) is 1. The van der Waals surface area contributed by atoms with Gasteiger partial charge in [-0.15, -0.1) is 5.10 Å². The number of benzene rings is 1. The van der Waals surface area contributed by atoms with Crippen molar-refractivity contribution < 1.29 is 36.7 Å². The number of ether oxygens (including phenoxy) is 2. The van der Waals surface area contributed by atoms with Gasteiger partial charge in [-0.2, -0.15) is 13.2 Å². The van der Waals surface area contributed by atoms with Crippen LogP contribution in [0.25, 0.3) is 10.9 Å². The van der Waals surface area contributed by atoms with E-state index in [0.29, 0.717) is 39.2 Å². The Labute approximate surface area is 241 Å². The first-order valence-electron chi connectivity index (χ1n) is 12.7. The molecule has 1 fully saturated rings.